The average Bonchev–Trinajstić information content (AvgIpc) is 3.80. The van der Waals surface area contributed by atoms with Crippen LogP contribution in [0.4, 0.5) is 0 Å². The second-order valence-corrected chi connectivity index (χ2v) is 13.9. The van der Waals surface area contributed by atoms with Crippen molar-refractivity contribution in [3.05, 3.63) is 144 Å². The molecule has 2 aliphatic carbocycles. The smallest absolute Gasteiger partial charge is 0.0606 e. The van der Waals surface area contributed by atoms with Crippen LogP contribution in [-0.4, -0.2) is 9.13 Å². The molecule has 6 aromatic carbocycles. The summed E-state index contributed by atoms with van der Waals surface area (Å²) < 4.78 is 5.32. The first kappa shape index (κ1) is 23.3. The zero-order chi connectivity index (χ0) is 29.0. The topological polar surface area (TPSA) is 9.86 Å². The third-order valence-corrected chi connectivity index (χ3v) is 12.2. The molecule has 8 aromatic rings. The fourth-order valence-corrected chi connectivity index (χ4v) is 10.9. The Balaban J connectivity index is 1.43. The Hall–Kier alpha value is -5.08. The molecule has 1 fully saturated rings. The molecule has 0 bridgehead atoms. The molecule has 45 heavy (non-hydrogen) atoms. The molecule has 3 unspecified atom stereocenters. The van der Waals surface area contributed by atoms with Crippen LogP contribution in [0.25, 0.3) is 66.1 Å². The van der Waals surface area contributed by atoms with Crippen molar-refractivity contribution < 1.29 is 0 Å². The fourth-order valence-electron chi connectivity index (χ4n) is 10.9. The molecule has 12 rings (SSSR count). The zero-order valence-electron chi connectivity index (χ0n) is 24.9. The first-order valence-electron chi connectivity index (χ1n) is 16.7. The van der Waals surface area contributed by atoms with E-state index >= 15 is 0 Å². The second kappa shape index (κ2) is 7.76. The molecule has 0 N–H and O–H groups in total. The molecular weight excluding hydrogens is 544 g/mol. The number of hydrogen-bond acceptors (Lipinski definition) is 0. The van der Waals surface area contributed by atoms with Gasteiger partial charge in [-0.1, -0.05) is 110 Å². The van der Waals surface area contributed by atoms with E-state index in [1.165, 1.54) is 103 Å². The molecule has 4 aliphatic rings. The lowest BCUT2D eigenvalue weighted by molar-refractivity contribution is 0.260. The first-order valence-corrected chi connectivity index (χ1v) is 16.7. The maximum Gasteiger partial charge on any atom is 0.0606 e. The van der Waals surface area contributed by atoms with Crippen LogP contribution in [0.2, 0.25) is 0 Å². The van der Waals surface area contributed by atoms with Crippen LogP contribution in [0.15, 0.2) is 121 Å². The van der Waals surface area contributed by atoms with Gasteiger partial charge in [-0.25, -0.2) is 0 Å². The van der Waals surface area contributed by atoms with Gasteiger partial charge in [0.1, 0.15) is 0 Å². The third kappa shape index (κ3) is 2.46. The molecule has 212 valence electrons. The van der Waals surface area contributed by atoms with Gasteiger partial charge in [-0.3, -0.25) is 0 Å². The van der Waals surface area contributed by atoms with Gasteiger partial charge in [-0.2, -0.15) is 0 Å². The lowest BCUT2D eigenvalue weighted by Gasteiger charge is -2.53. The molecular formula is C43H30N2. The summed E-state index contributed by atoms with van der Waals surface area (Å²) in [7, 11) is 0. The molecule has 0 amide bonds. The van der Waals surface area contributed by atoms with Crippen molar-refractivity contribution in [1.82, 2.24) is 9.13 Å². The summed E-state index contributed by atoms with van der Waals surface area (Å²) in [5, 5.41) is 5.50. The van der Waals surface area contributed by atoms with E-state index in [1.807, 2.05) is 0 Å². The van der Waals surface area contributed by atoms with Gasteiger partial charge in [0.05, 0.1) is 38.9 Å². The van der Waals surface area contributed by atoms with E-state index in [2.05, 4.69) is 130 Å². The second-order valence-electron chi connectivity index (χ2n) is 13.9. The van der Waals surface area contributed by atoms with Gasteiger partial charge in [0.2, 0.25) is 0 Å². The van der Waals surface area contributed by atoms with Crippen molar-refractivity contribution >= 4 is 43.6 Å². The molecule has 2 nitrogen and oxygen atoms in total. The van der Waals surface area contributed by atoms with Crippen LogP contribution in [0, 0.1) is 11.8 Å². The first-order chi connectivity index (χ1) is 22.4. The van der Waals surface area contributed by atoms with Crippen LogP contribution in [-0.2, 0) is 11.8 Å². The molecule has 2 aromatic heterocycles. The molecule has 1 saturated carbocycles. The minimum Gasteiger partial charge on any atom is -0.309 e. The summed E-state index contributed by atoms with van der Waals surface area (Å²) in [5.41, 5.74) is 16.9. The van der Waals surface area contributed by atoms with Gasteiger partial charge < -0.3 is 9.13 Å². The van der Waals surface area contributed by atoms with Gasteiger partial charge in [-0.15, -0.1) is 0 Å². The highest BCUT2D eigenvalue weighted by Crippen LogP contribution is 2.67. The predicted molar refractivity (Wildman–Crippen MR) is 185 cm³/mol. The molecule has 3 atom stereocenters. The lowest BCUT2D eigenvalue weighted by Crippen LogP contribution is -2.49. The average molecular weight is 575 g/mol. The van der Waals surface area contributed by atoms with E-state index in [0.717, 1.165) is 0 Å². The van der Waals surface area contributed by atoms with Crippen molar-refractivity contribution in [2.24, 2.45) is 11.8 Å². The molecule has 2 heteroatoms. The summed E-state index contributed by atoms with van der Waals surface area (Å²) in [6, 6.07) is 46.5. The number of aromatic nitrogens is 2. The van der Waals surface area contributed by atoms with Gasteiger partial charge in [-0.05, 0) is 71.6 Å². The molecule has 1 spiro atoms. The quantitative estimate of drug-likeness (QED) is 0.185. The Morgan fingerprint density at radius 1 is 0.556 bits per heavy atom. The number of para-hydroxylation sites is 3. The van der Waals surface area contributed by atoms with Crippen molar-refractivity contribution in [3.8, 4) is 22.5 Å². The van der Waals surface area contributed by atoms with Crippen LogP contribution < -0.4 is 0 Å². The molecule has 2 aliphatic heterocycles. The highest BCUT2D eigenvalue weighted by Gasteiger charge is 2.59. The number of rotatable bonds is 1. The van der Waals surface area contributed by atoms with E-state index < -0.39 is 0 Å². The predicted octanol–water partition coefficient (Wildman–Crippen LogP) is 10.5. The Bertz CT molecular complexity index is 2620. The Kier molecular flexibility index (Phi) is 4.02. The van der Waals surface area contributed by atoms with E-state index in [9.17, 15) is 0 Å². The van der Waals surface area contributed by atoms with Crippen LogP contribution >= 0.6 is 0 Å². The van der Waals surface area contributed by atoms with E-state index in [0.29, 0.717) is 11.8 Å². The minimum absolute atomic E-state index is 0.196. The van der Waals surface area contributed by atoms with E-state index in [-0.39, 0.29) is 5.41 Å². The van der Waals surface area contributed by atoms with Crippen molar-refractivity contribution in [2.45, 2.75) is 31.1 Å². The SMILES string of the molecule is c1ccc(-c2ccc3c4c2-n2c5ccccc5c5cccc(c52)C42c4c(ccc5c6ccccc6n-3c45)CC3CCCC32)cc1. The monoisotopic (exact) mass is 574 g/mol. The molecule has 4 heterocycles. The fraction of sp³-hybridized carbons (Fsp3) is 0.163. The molecule has 0 radical (unpaired) electrons. The summed E-state index contributed by atoms with van der Waals surface area (Å²) in [4.78, 5) is 0. The van der Waals surface area contributed by atoms with Crippen LogP contribution in [0.5, 0.6) is 0 Å². The van der Waals surface area contributed by atoms with Gasteiger partial charge >= 0.3 is 0 Å². The Morgan fingerprint density at radius 2 is 1.29 bits per heavy atom. The largest absolute Gasteiger partial charge is 0.309 e. The van der Waals surface area contributed by atoms with Crippen molar-refractivity contribution in [1.29, 1.82) is 0 Å². The van der Waals surface area contributed by atoms with Crippen molar-refractivity contribution in [3.63, 3.8) is 0 Å². The van der Waals surface area contributed by atoms with E-state index in [1.54, 1.807) is 11.1 Å². The lowest BCUT2D eigenvalue weighted by atomic mass is 9.51. The van der Waals surface area contributed by atoms with Crippen LogP contribution in [0.3, 0.4) is 0 Å². The third-order valence-electron chi connectivity index (χ3n) is 12.2. The van der Waals surface area contributed by atoms with Gasteiger partial charge in [0.25, 0.3) is 0 Å². The molecule has 0 saturated heterocycles. The zero-order valence-corrected chi connectivity index (χ0v) is 24.9. The number of benzene rings is 6. The Morgan fingerprint density at radius 3 is 2.13 bits per heavy atom. The summed E-state index contributed by atoms with van der Waals surface area (Å²) in [6.07, 6.45) is 5.13. The van der Waals surface area contributed by atoms with Crippen LogP contribution in [0.1, 0.15) is 41.5 Å². The highest BCUT2D eigenvalue weighted by molar-refractivity contribution is 6.16. The van der Waals surface area contributed by atoms with Gasteiger partial charge in [0.15, 0.2) is 0 Å². The normalized spacial score (nSPS) is 22.0. The maximum atomic E-state index is 2.67. The summed E-state index contributed by atoms with van der Waals surface area (Å²) >= 11 is 0. The minimum atomic E-state index is -0.196. The maximum absolute atomic E-state index is 2.67. The standard InChI is InChI=1S/C43H30N2/c1-2-10-25(11-3-1)28-22-23-37-39-41(28)45-36-19-7-5-13-29(36)31-15-9-17-34(40(31)45)43(39)33-16-8-12-26(33)24-27-20-21-32-30-14-4-6-18-35(30)44(37)42(32)38(27)43/h1-7,9-11,13-15,17-23,26,33H,8,12,16,24H2. The number of nitrogens with zero attached hydrogens (tertiary/aromatic N) is 2. The van der Waals surface area contributed by atoms with Gasteiger partial charge in [0, 0.05) is 32.7 Å². The summed E-state index contributed by atoms with van der Waals surface area (Å²) in [5.74, 6) is 1.27. The summed E-state index contributed by atoms with van der Waals surface area (Å²) in [6.45, 7) is 0. The van der Waals surface area contributed by atoms with E-state index in [4.69, 9.17) is 0 Å². The highest BCUT2D eigenvalue weighted by atomic mass is 15.1. The van der Waals surface area contributed by atoms with Crippen molar-refractivity contribution in [2.75, 3.05) is 0 Å². The Labute approximate surface area is 261 Å². The number of fused-ring (bicyclic) bond motifs is 9. The number of hydrogen-bond donors (Lipinski definition) is 0.